The van der Waals surface area contributed by atoms with Crippen molar-refractivity contribution in [1.29, 1.82) is 0 Å². The standard InChI is InChI=1S/C20H27N/c1-14-11-12-15(2)17(13-14)16(3)21-19-10-8-7-9-18(19)20(4,5)6/h7-13,16,21H,1-6H3. The fraction of sp³-hybridized carbons (Fsp3) is 0.400. The number of benzene rings is 2. The fourth-order valence-corrected chi connectivity index (χ4v) is 2.80. The zero-order valence-corrected chi connectivity index (χ0v) is 14.1. The van der Waals surface area contributed by atoms with Crippen molar-refractivity contribution < 1.29 is 0 Å². The van der Waals surface area contributed by atoms with Crippen LogP contribution >= 0.6 is 0 Å². The van der Waals surface area contributed by atoms with Crippen LogP contribution in [0.1, 0.15) is 56.0 Å². The number of nitrogens with one attached hydrogen (secondary N) is 1. The van der Waals surface area contributed by atoms with Gasteiger partial charge in [-0.05, 0) is 48.9 Å². The lowest BCUT2D eigenvalue weighted by Gasteiger charge is -2.26. The molecule has 2 aromatic carbocycles. The molecule has 2 aromatic rings. The van der Waals surface area contributed by atoms with Gasteiger partial charge in [0.15, 0.2) is 0 Å². The molecule has 1 N–H and O–H groups in total. The molecule has 1 unspecified atom stereocenters. The highest BCUT2D eigenvalue weighted by Gasteiger charge is 2.19. The van der Waals surface area contributed by atoms with E-state index in [1.807, 2.05) is 0 Å². The molecule has 0 heterocycles. The number of hydrogen-bond acceptors (Lipinski definition) is 1. The number of aryl methyl sites for hydroxylation is 2. The van der Waals surface area contributed by atoms with E-state index in [1.165, 1.54) is 27.9 Å². The molecule has 0 saturated carbocycles. The monoisotopic (exact) mass is 281 g/mol. The van der Waals surface area contributed by atoms with Gasteiger partial charge in [-0.1, -0.05) is 62.7 Å². The summed E-state index contributed by atoms with van der Waals surface area (Å²) in [5, 5.41) is 3.70. The molecule has 0 aliphatic rings. The maximum absolute atomic E-state index is 3.70. The summed E-state index contributed by atoms with van der Waals surface area (Å²) < 4.78 is 0. The zero-order valence-electron chi connectivity index (χ0n) is 14.1. The Morgan fingerprint density at radius 2 is 1.62 bits per heavy atom. The van der Waals surface area contributed by atoms with Crippen LogP contribution in [0.3, 0.4) is 0 Å². The second kappa shape index (κ2) is 5.93. The molecule has 0 aromatic heterocycles. The smallest absolute Gasteiger partial charge is 0.0488 e. The Morgan fingerprint density at radius 1 is 0.952 bits per heavy atom. The first-order valence-corrected chi connectivity index (χ1v) is 7.72. The average Bonchev–Trinajstić information content (AvgIpc) is 2.41. The van der Waals surface area contributed by atoms with Gasteiger partial charge in [-0.15, -0.1) is 0 Å². The van der Waals surface area contributed by atoms with Crippen molar-refractivity contribution >= 4 is 5.69 Å². The van der Waals surface area contributed by atoms with Crippen molar-refractivity contribution in [3.8, 4) is 0 Å². The highest BCUT2D eigenvalue weighted by Crippen LogP contribution is 2.32. The number of para-hydroxylation sites is 1. The maximum atomic E-state index is 3.70. The predicted molar refractivity (Wildman–Crippen MR) is 93.1 cm³/mol. The molecule has 1 nitrogen and oxygen atoms in total. The predicted octanol–water partition coefficient (Wildman–Crippen LogP) is 5.77. The van der Waals surface area contributed by atoms with Gasteiger partial charge in [0.05, 0.1) is 0 Å². The van der Waals surface area contributed by atoms with Crippen LogP contribution in [0.2, 0.25) is 0 Å². The maximum Gasteiger partial charge on any atom is 0.0488 e. The minimum atomic E-state index is 0.144. The first kappa shape index (κ1) is 15.6. The number of rotatable bonds is 3. The third kappa shape index (κ3) is 3.66. The Labute approximate surface area is 129 Å². The SMILES string of the molecule is Cc1ccc(C)c(C(C)Nc2ccccc2C(C)(C)C)c1. The van der Waals surface area contributed by atoms with E-state index in [9.17, 15) is 0 Å². The van der Waals surface area contributed by atoms with Crippen molar-refractivity contribution in [2.24, 2.45) is 0 Å². The van der Waals surface area contributed by atoms with Gasteiger partial charge in [-0.25, -0.2) is 0 Å². The van der Waals surface area contributed by atoms with Gasteiger partial charge in [0.2, 0.25) is 0 Å². The van der Waals surface area contributed by atoms with E-state index in [-0.39, 0.29) is 5.41 Å². The van der Waals surface area contributed by atoms with Crippen LogP contribution in [0.25, 0.3) is 0 Å². The second-order valence-electron chi connectivity index (χ2n) is 7.02. The summed E-state index contributed by atoms with van der Waals surface area (Å²) in [7, 11) is 0. The summed E-state index contributed by atoms with van der Waals surface area (Å²) in [4.78, 5) is 0. The molecular weight excluding hydrogens is 254 g/mol. The van der Waals surface area contributed by atoms with Crippen molar-refractivity contribution in [3.63, 3.8) is 0 Å². The molecule has 0 amide bonds. The molecule has 0 aliphatic heterocycles. The summed E-state index contributed by atoms with van der Waals surface area (Å²) in [6.45, 7) is 13.4. The van der Waals surface area contributed by atoms with Gasteiger partial charge in [-0.3, -0.25) is 0 Å². The van der Waals surface area contributed by atoms with Crippen LogP contribution in [0, 0.1) is 13.8 Å². The highest BCUT2D eigenvalue weighted by atomic mass is 14.9. The molecule has 21 heavy (non-hydrogen) atoms. The van der Waals surface area contributed by atoms with Crippen LogP contribution in [-0.2, 0) is 5.41 Å². The van der Waals surface area contributed by atoms with E-state index < -0.39 is 0 Å². The summed E-state index contributed by atoms with van der Waals surface area (Å²) in [5.41, 5.74) is 6.77. The highest BCUT2D eigenvalue weighted by molar-refractivity contribution is 5.55. The van der Waals surface area contributed by atoms with E-state index in [0.29, 0.717) is 6.04 Å². The summed E-state index contributed by atoms with van der Waals surface area (Å²) >= 11 is 0. The molecule has 0 aliphatic carbocycles. The van der Waals surface area contributed by atoms with Gasteiger partial charge >= 0.3 is 0 Å². The summed E-state index contributed by atoms with van der Waals surface area (Å²) in [5.74, 6) is 0. The molecule has 1 heteroatoms. The van der Waals surface area contributed by atoms with Crippen molar-refractivity contribution in [2.75, 3.05) is 5.32 Å². The molecule has 1 atom stereocenters. The van der Waals surface area contributed by atoms with Gasteiger partial charge < -0.3 is 5.32 Å². The van der Waals surface area contributed by atoms with Gasteiger partial charge in [0.1, 0.15) is 0 Å². The van der Waals surface area contributed by atoms with E-state index in [0.717, 1.165) is 0 Å². The third-order valence-corrected chi connectivity index (χ3v) is 4.01. The van der Waals surface area contributed by atoms with E-state index in [1.54, 1.807) is 0 Å². The van der Waals surface area contributed by atoms with E-state index >= 15 is 0 Å². The fourth-order valence-electron chi connectivity index (χ4n) is 2.80. The molecule has 0 saturated heterocycles. The van der Waals surface area contributed by atoms with Gasteiger partial charge in [0, 0.05) is 11.7 Å². The molecule has 112 valence electrons. The van der Waals surface area contributed by atoms with Crippen molar-refractivity contribution in [3.05, 3.63) is 64.7 Å². The number of anilines is 1. The Kier molecular flexibility index (Phi) is 4.41. The van der Waals surface area contributed by atoms with Crippen molar-refractivity contribution in [1.82, 2.24) is 0 Å². The second-order valence-corrected chi connectivity index (χ2v) is 7.02. The van der Waals surface area contributed by atoms with Gasteiger partial charge in [-0.2, -0.15) is 0 Å². The molecule has 0 fully saturated rings. The lowest BCUT2D eigenvalue weighted by molar-refractivity contribution is 0.590. The van der Waals surface area contributed by atoms with Crippen molar-refractivity contribution in [2.45, 2.75) is 53.0 Å². The molecule has 0 spiro atoms. The Morgan fingerprint density at radius 3 is 2.29 bits per heavy atom. The Bertz CT molecular complexity index is 620. The molecule has 0 bridgehead atoms. The van der Waals surface area contributed by atoms with E-state index in [2.05, 4.69) is 89.3 Å². The largest absolute Gasteiger partial charge is 0.378 e. The molecule has 2 rings (SSSR count). The lowest BCUT2D eigenvalue weighted by Crippen LogP contribution is -2.16. The quantitative estimate of drug-likeness (QED) is 0.752. The van der Waals surface area contributed by atoms with Gasteiger partial charge in [0.25, 0.3) is 0 Å². The summed E-state index contributed by atoms with van der Waals surface area (Å²) in [6.07, 6.45) is 0. The Hall–Kier alpha value is -1.76. The Balaban J connectivity index is 2.32. The van der Waals surface area contributed by atoms with Crippen LogP contribution in [0.5, 0.6) is 0 Å². The first-order valence-electron chi connectivity index (χ1n) is 7.72. The minimum Gasteiger partial charge on any atom is -0.378 e. The third-order valence-electron chi connectivity index (χ3n) is 4.01. The van der Waals surface area contributed by atoms with E-state index in [4.69, 9.17) is 0 Å². The van der Waals surface area contributed by atoms with Crippen LogP contribution in [-0.4, -0.2) is 0 Å². The van der Waals surface area contributed by atoms with Crippen LogP contribution < -0.4 is 5.32 Å². The molecular formula is C20H27N. The topological polar surface area (TPSA) is 12.0 Å². The molecule has 0 radical (unpaired) electrons. The van der Waals surface area contributed by atoms with Crippen LogP contribution in [0.4, 0.5) is 5.69 Å². The zero-order chi connectivity index (χ0) is 15.6. The lowest BCUT2D eigenvalue weighted by atomic mass is 9.85. The average molecular weight is 281 g/mol. The normalized spacial score (nSPS) is 13.0. The first-order chi connectivity index (χ1) is 9.79. The summed E-state index contributed by atoms with van der Waals surface area (Å²) in [6, 6.07) is 15.6. The minimum absolute atomic E-state index is 0.144. The number of hydrogen-bond donors (Lipinski definition) is 1. The van der Waals surface area contributed by atoms with Crippen LogP contribution in [0.15, 0.2) is 42.5 Å².